The summed E-state index contributed by atoms with van der Waals surface area (Å²) in [5, 5.41) is 0. The van der Waals surface area contributed by atoms with Gasteiger partial charge in [-0.25, -0.2) is 4.98 Å². The minimum Gasteiger partial charge on any atom is -0.472 e. The van der Waals surface area contributed by atoms with E-state index in [1.165, 1.54) is 37.9 Å². The maximum atomic E-state index is 11.4. The molecule has 0 spiro atoms. The lowest BCUT2D eigenvalue weighted by atomic mass is 10.1. The Kier molecular flexibility index (Phi) is 5.43. The second kappa shape index (κ2) is 7.93. The van der Waals surface area contributed by atoms with E-state index in [9.17, 15) is 4.79 Å². The molecule has 5 heteroatoms. The van der Waals surface area contributed by atoms with Crippen molar-refractivity contribution >= 4 is 5.91 Å². The zero-order valence-corrected chi connectivity index (χ0v) is 13.8. The molecule has 126 valence electrons. The molecule has 1 aromatic carbocycles. The van der Waals surface area contributed by atoms with Crippen LogP contribution in [0.25, 0.3) is 0 Å². The van der Waals surface area contributed by atoms with E-state index in [1.54, 1.807) is 18.3 Å². The summed E-state index contributed by atoms with van der Waals surface area (Å²) in [6, 6.07) is 11.7. The molecule has 3 rings (SSSR count). The first-order chi connectivity index (χ1) is 11.7. The molecule has 1 aromatic heterocycles. The van der Waals surface area contributed by atoms with Gasteiger partial charge in [-0.3, -0.25) is 9.69 Å². The van der Waals surface area contributed by atoms with Gasteiger partial charge in [0.1, 0.15) is 12.2 Å². The van der Waals surface area contributed by atoms with Gasteiger partial charge in [-0.1, -0.05) is 30.7 Å². The van der Waals surface area contributed by atoms with Gasteiger partial charge in [0.25, 0.3) is 5.91 Å². The summed E-state index contributed by atoms with van der Waals surface area (Å²) in [7, 11) is 0. The summed E-state index contributed by atoms with van der Waals surface area (Å²) in [6.07, 6.45) is 5.55. The summed E-state index contributed by atoms with van der Waals surface area (Å²) in [4.78, 5) is 17.9. The molecule has 0 atom stereocenters. The number of benzene rings is 1. The minimum absolute atomic E-state index is 0.280. The van der Waals surface area contributed by atoms with E-state index in [0.29, 0.717) is 12.2 Å². The Labute approximate surface area is 142 Å². The number of hydrogen-bond donors (Lipinski definition) is 1. The van der Waals surface area contributed by atoms with Gasteiger partial charge in [-0.05, 0) is 49.2 Å². The first kappa shape index (κ1) is 16.5. The standard InChI is InChI=1S/C19H23N3O2/c20-18(23)17-5-4-10-21-19(17)24-14-16-8-6-15(7-9-16)13-22-11-2-1-3-12-22/h4-10H,1-3,11-14H2,(H2,20,23). The molecule has 0 unspecified atom stereocenters. The van der Waals surface area contributed by atoms with E-state index >= 15 is 0 Å². The maximum absolute atomic E-state index is 11.4. The van der Waals surface area contributed by atoms with Crippen LogP contribution < -0.4 is 10.5 Å². The Hall–Kier alpha value is -2.40. The van der Waals surface area contributed by atoms with Crippen molar-refractivity contribution in [1.82, 2.24) is 9.88 Å². The molecule has 2 aromatic rings. The van der Waals surface area contributed by atoms with E-state index in [2.05, 4.69) is 34.1 Å². The van der Waals surface area contributed by atoms with Crippen molar-refractivity contribution in [3.8, 4) is 5.88 Å². The number of primary amides is 1. The van der Waals surface area contributed by atoms with E-state index in [0.717, 1.165) is 12.1 Å². The summed E-state index contributed by atoms with van der Waals surface area (Å²) >= 11 is 0. The number of rotatable bonds is 6. The maximum Gasteiger partial charge on any atom is 0.254 e. The molecule has 0 aliphatic carbocycles. The average Bonchev–Trinajstić information content (AvgIpc) is 2.62. The predicted molar refractivity (Wildman–Crippen MR) is 92.7 cm³/mol. The van der Waals surface area contributed by atoms with E-state index in [4.69, 9.17) is 10.5 Å². The SMILES string of the molecule is NC(=O)c1cccnc1OCc1ccc(CN2CCCCC2)cc1. The lowest BCUT2D eigenvalue weighted by Gasteiger charge is -2.26. The normalized spacial score (nSPS) is 15.2. The van der Waals surface area contributed by atoms with Gasteiger partial charge in [-0.15, -0.1) is 0 Å². The minimum atomic E-state index is -0.532. The molecule has 1 saturated heterocycles. The number of likely N-dealkylation sites (tertiary alicyclic amines) is 1. The monoisotopic (exact) mass is 325 g/mol. The largest absolute Gasteiger partial charge is 0.472 e. The van der Waals surface area contributed by atoms with Crippen molar-refractivity contribution in [2.75, 3.05) is 13.1 Å². The Bertz CT molecular complexity index is 679. The van der Waals surface area contributed by atoms with Crippen molar-refractivity contribution in [1.29, 1.82) is 0 Å². The number of nitrogens with zero attached hydrogens (tertiary/aromatic N) is 2. The summed E-state index contributed by atoms with van der Waals surface area (Å²) in [5.74, 6) is -0.252. The van der Waals surface area contributed by atoms with Gasteiger partial charge in [0.15, 0.2) is 0 Å². The third-order valence-corrected chi connectivity index (χ3v) is 4.29. The highest BCUT2D eigenvalue weighted by Crippen LogP contribution is 2.17. The number of piperidine rings is 1. The van der Waals surface area contributed by atoms with Gasteiger partial charge >= 0.3 is 0 Å². The highest BCUT2D eigenvalue weighted by Gasteiger charge is 2.11. The second-order valence-electron chi connectivity index (χ2n) is 6.16. The topological polar surface area (TPSA) is 68.5 Å². The van der Waals surface area contributed by atoms with Crippen LogP contribution >= 0.6 is 0 Å². The van der Waals surface area contributed by atoms with Gasteiger partial charge in [-0.2, -0.15) is 0 Å². The number of amides is 1. The first-order valence-corrected chi connectivity index (χ1v) is 8.40. The van der Waals surface area contributed by atoms with Crippen LogP contribution in [-0.2, 0) is 13.2 Å². The fourth-order valence-electron chi connectivity index (χ4n) is 2.96. The van der Waals surface area contributed by atoms with Crippen molar-refractivity contribution in [3.05, 3.63) is 59.3 Å². The number of carbonyl (C=O) groups is 1. The van der Waals surface area contributed by atoms with Crippen molar-refractivity contribution in [2.45, 2.75) is 32.4 Å². The average molecular weight is 325 g/mol. The predicted octanol–water partition coefficient (Wildman–Crippen LogP) is 2.75. The quantitative estimate of drug-likeness (QED) is 0.887. The fraction of sp³-hybridized carbons (Fsp3) is 0.368. The third kappa shape index (κ3) is 4.32. The number of hydrogen-bond acceptors (Lipinski definition) is 4. The second-order valence-corrected chi connectivity index (χ2v) is 6.16. The van der Waals surface area contributed by atoms with Crippen LogP contribution in [0.15, 0.2) is 42.6 Å². The molecule has 1 aliphatic rings. The first-order valence-electron chi connectivity index (χ1n) is 8.40. The number of pyridine rings is 1. The van der Waals surface area contributed by atoms with Crippen molar-refractivity contribution in [3.63, 3.8) is 0 Å². The van der Waals surface area contributed by atoms with Crippen molar-refractivity contribution in [2.24, 2.45) is 5.73 Å². The molecule has 2 heterocycles. The number of carbonyl (C=O) groups excluding carboxylic acids is 1. The van der Waals surface area contributed by atoms with Crippen molar-refractivity contribution < 1.29 is 9.53 Å². The zero-order valence-electron chi connectivity index (χ0n) is 13.8. The Morgan fingerprint density at radius 1 is 1.08 bits per heavy atom. The molecule has 0 bridgehead atoms. The molecule has 24 heavy (non-hydrogen) atoms. The van der Waals surface area contributed by atoms with Crippen LogP contribution in [0.2, 0.25) is 0 Å². The molecule has 0 radical (unpaired) electrons. The molecule has 2 N–H and O–H groups in total. The Balaban J connectivity index is 1.57. The van der Waals surface area contributed by atoms with Crippen LogP contribution in [0.1, 0.15) is 40.7 Å². The molecule has 1 amide bonds. The molecular formula is C19H23N3O2. The summed E-state index contributed by atoms with van der Waals surface area (Å²) in [5.41, 5.74) is 7.99. The summed E-state index contributed by atoms with van der Waals surface area (Å²) < 4.78 is 5.65. The molecule has 5 nitrogen and oxygen atoms in total. The molecule has 0 saturated carbocycles. The van der Waals surface area contributed by atoms with Gasteiger partial charge in [0.05, 0.1) is 0 Å². The number of nitrogens with two attached hydrogens (primary N) is 1. The lowest BCUT2D eigenvalue weighted by Crippen LogP contribution is -2.29. The third-order valence-electron chi connectivity index (χ3n) is 4.29. The van der Waals surface area contributed by atoms with Crippen LogP contribution in [0.4, 0.5) is 0 Å². The summed E-state index contributed by atoms with van der Waals surface area (Å²) in [6.45, 7) is 3.76. The van der Waals surface area contributed by atoms with Gasteiger partial charge in [0.2, 0.25) is 5.88 Å². The smallest absolute Gasteiger partial charge is 0.254 e. The highest BCUT2D eigenvalue weighted by molar-refractivity contribution is 5.94. The molecule has 1 fully saturated rings. The van der Waals surface area contributed by atoms with Crippen LogP contribution in [0.5, 0.6) is 5.88 Å². The number of ether oxygens (including phenoxy) is 1. The van der Waals surface area contributed by atoms with Gasteiger partial charge in [0, 0.05) is 12.7 Å². The fourth-order valence-corrected chi connectivity index (χ4v) is 2.96. The number of aromatic nitrogens is 1. The Morgan fingerprint density at radius 3 is 2.50 bits per heavy atom. The van der Waals surface area contributed by atoms with E-state index in [-0.39, 0.29) is 5.88 Å². The zero-order chi connectivity index (χ0) is 16.8. The highest BCUT2D eigenvalue weighted by atomic mass is 16.5. The Morgan fingerprint density at radius 2 is 1.79 bits per heavy atom. The lowest BCUT2D eigenvalue weighted by molar-refractivity contribution is 0.0995. The molecular weight excluding hydrogens is 302 g/mol. The van der Waals surface area contributed by atoms with Crippen LogP contribution in [-0.4, -0.2) is 28.9 Å². The van der Waals surface area contributed by atoms with Crippen LogP contribution in [0, 0.1) is 0 Å². The van der Waals surface area contributed by atoms with E-state index in [1.807, 2.05) is 0 Å². The molecule has 1 aliphatic heterocycles. The van der Waals surface area contributed by atoms with Gasteiger partial charge < -0.3 is 10.5 Å². The van der Waals surface area contributed by atoms with Crippen LogP contribution in [0.3, 0.4) is 0 Å². The van der Waals surface area contributed by atoms with E-state index < -0.39 is 5.91 Å².